The van der Waals surface area contributed by atoms with Gasteiger partial charge < -0.3 is 15.7 Å². The van der Waals surface area contributed by atoms with Crippen LogP contribution in [0.15, 0.2) is 22.7 Å². The number of hydrogen-bond donors (Lipinski definition) is 3. The highest BCUT2D eigenvalue weighted by atomic mass is 79.9. The van der Waals surface area contributed by atoms with Crippen LogP contribution < -0.4 is 10.6 Å². The van der Waals surface area contributed by atoms with Crippen molar-refractivity contribution in [3.63, 3.8) is 0 Å². The van der Waals surface area contributed by atoms with Crippen molar-refractivity contribution in [1.82, 2.24) is 5.32 Å². The first-order chi connectivity index (χ1) is 9.19. The first-order valence-electron chi connectivity index (χ1n) is 6.27. The van der Waals surface area contributed by atoms with Gasteiger partial charge in [0, 0.05) is 23.0 Å². The largest absolute Gasteiger partial charge is 0.478 e. The Balaban J connectivity index is 2.66. The zero-order valence-corrected chi connectivity index (χ0v) is 13.4. The van der Waals surface area contributed by atoms with Crippen molar-refractivity contribution in [1.29, 1.82) is 0 Å². The highest BCUT2D eigenvalue weighted by molar-refractivity contribution is 9.10. The Kier molecular flexibility index (Phi) is 5.71. The van der Waals surface area contributed by atoms with Crippen LogP contribution in [-0.4, -0.2) is 29.1 Å². The summed E-state index contributed by atoms with van der Waals surface area (Å²) in [7, 11) is 0. The third-order valence-electron chi connectivity index (χ3n) is 2.49. The van der Waals surface area contributed by atoms with Gasteiger partial charge in [-0.15, -0.1) is 0 Å². The fraction of sp³-hybridized carbons (Fsp3) is 0.429. The van der Waals surface area contributed by atoms with Crippen LogP contribution in [0, 0.1) is 0 Å². The first kappa shape index (κ1) is 16.7. The van der Waals surface area contributed by atoms with E-state index in [4.69, 9.17) is 5.11 Å². The van der Waals surface area contributed by atoms with Crippen LogP contribution in [0.4, 0.5) is 5.69 Å². The van der Waals surface area contributed by atoms with Crippen LogP contribution in [0.5, 0.6) is 0 Å². The van der Waals surface area contributed by atoms with E-state index in [-0.39, 0.29) is 23.4 Å². The van der Waals surface area contributed by atoms with Gasteiger partial charge in [0.05, 0.1) is 11.3 Å². The number of carboxylic acids is 1. The van der Waals surface area contributed by atoms with E-state index < -0.39 is 5.97 Å². The summed E-state index contributed by atoms with van der Waals surface area (Å²) in [5, 5.41) is 14.9. The molecule has 0 radical (unpaired) electrons. The summed E-state index contributed by atoms with van der Waals surface area (Å²) in [5.41, 5.74) is 0.320. The van der Waals surface area contributed by atoms with E-state index in [1.54, 1.807) is 12.1 Å². The topological polar surface area (TPSA) is 78.4 Å². The molecule has 1 amide bonds. The summed E-state index contributed by atoms with van der Waals surface area (Å²) in [6.45, 7) is 6.58. The predicted octanol–water partition coefficient (Wildman–Crippen LogP) is 2.86. The molecular formula is C14H19BrN2O3. The quantitative estimate of drug-likeness (QED) is 0.768. The van der Waals surface area contributed by atoms with E-state index in [1.807, 2.05) is 20.8 Å². The summed E-state index contributed by atoms with van der Waals surface area (Å²) in [5.74, 6) is -1.29. The molecule has 0 spiro atoms. The molecule has 0 bridgehead atoms. The molecule has 5 nitrogen and oxygen atoms in total. The summed E-state index contributed by atoms with van der Waals surface area (Å²) in [6.07, 6.45) is 0.281. The van der Waals surface area contributed by atoms with Crippen molar-refractivity contribution in [2.45, 2.75) is 32.7 Å². The van der Waals surface area contributed by atoms with E-state index in [0.29, 0.717) is 16.7 Å². The Labute approximate surface area is 126 Å². The molecule has 20 heavy (non-hydrogen) atoms. The Morgan fingerprint density at radius 2 is 1.95 bits per heavy atom. The Morgan fingerprint density at radius 1 is 1.30 bits per heavy atom. The van der Waals surface area contributed by atoms with Crippen molar-refractivity contribution in [2.75, 3.05) is 11.9 Å². The van der Waals surface area contributed by atoms with Crippen molar-refractivity contribution in [3.8, 4) is 0 Å². The minimum atomic E-state index is -1.07. The number of carbonyl (C=O) groups is 2. The van der Waals surface area contributed by atoms with Crippen molar-refractivity contribution >= 4 is 33.5 Å². The fourth-order valence-corrected chi connectivity index (χ4v) is 1.93. The third kappa shape index (κ3) is 5.71. The molecule has 0 saturated heterocycles. The molecule has 0 fully saturated rings. The number of aromatic carboxylic acids is 1. The molecule has 1 aromatic rings. The summed E-state index contributed by atoms with van der Waals surface area (Å²) >= 11 is 3.26. The van der Waals surface area contributed by atoms with Gasteiger partial charge in [0.15, 0.2) is 0 Å². The highest BCUT2D eigenvalue weighted by Crippen LogP contribution is 2.21. The molecule has 1 rings (SSSR count). The van der Waals surface area contributed by atoms with E-state index in [0.717, 1.165) is 0 Å². The van der Waals surface area contributed by atoms with Gasteiger partial charge in [-0.2, -0.15) is 0 Å². The Bertz CT molecular complexity index is 510. The molecule has 3 N–H and O–H groups in total. The molecule has 0 unspecified atom stereocenters. The number of halogens is 1. The highest BCUT2D eigenvalue weighted by Gasteiger charge is 2.14. The molecule has 6 heteroatoms. The number of carbonyl (C=O) groups excluding carboxylic acids is 1. The molecule has 0 aliphatic carbocycles. The van der Waals surface area contributed by atoms with Crippen molar-refractivity contribution in [2.24, 2.45) is 0 Å². The van der Waals surface area contributed by atoms with Gasteiger partial charge in [-0.05, 0) is 39.0 Å². The molecule has 0 aromatic heterocycles. The van der Waals surface area contributed by atoms with E-state index in [2.05, 4.69) is 26.6 Å². The zero-order valence-electron chi connectivity index (χ0n) is 11.8. The number of nitrogens with one attached hydrogen (secondary N) is 2. The summed E-state index contributed by atoms with van der Waals surface area (Å²) in [6, 6.07) is 4.66. The third-order valence-corrected chi connectivity index (χ3v) is 2.99. The molecule has 1 aromatic carbocycles. The number of benzene rings is 1. The molecule has 110 valence electrons. The van der Waals surface area contributed by atoms with Gasteiger partial charge in [0.25, 0.3) is 0 Å². The van der Waals surface area contributed by atoms with Gasteiger partial charge in [-0.1, -0.05) is 15.9 Å². The van der Waals surface area contributed by atoms with Crippen molar-refractivity contribution < 1.29 is 14.7 Å². The minimum absolute atomic E-state index is 0.0533. The summed E-state index contributed by atoms with van der Waals surface area (Å²) < 4.78 is 0.714. The lowest BCUT2D eigenvalue weighted by molar-refractivity contribution is -0.116. The molecule has 0 aliphatic heterocycles. The monoisotopic (exact) mass is 342 g/mol. The number of hydrogen-bond acceptors (Lipinski definition) is 3. The lowest BCUT2D eigenvalue weighted by atomic mass is 10.1. The van der Waals surface area contributed by atoms with Crippen LogP contribution in [-0.2, 0) is 4.79 Å². The number of carboxylic acid groups (broad SMARTS) is 1. The van der Waals surface area contributed by atoms with Gasteiger partial charge >= 0.3 is 5.97 Å². The van der Waals surface area contributed by atoms with Crippen LogP contribution in [0.1, 0.15) is 37.6 Å². The van der Waals surface area contributed by atoms with Crippen LogP contribution in [0.2, 0.25) is 0 Å². The zero-order chi connectivity index (χ0) is 15.3. The second-order valence-corrected chi connectivity index (χ2v) is 6.39. The molecule has 0 saturated carbocycles. The van der Waals surface area contributed by atoms with E-state index in [9.17, 15) is 9.59 Å². The predicted molar refractivity (Wildman–Crippen MR) is 82.1 cm³/mol. The normalized spacial score (nSPS) is 11.2. The fourth-order valence-electron chi connectivity index (χ4n) is 1.57. The lowest BCUT2D eigenvalue weighted by Crippen LogP contribution is -2.37. The van der Waals surface area contributed by atoms with Crippen LogP contribution >= 0.6 is 15.9 Å². The SMILES string of the molecule is CC(C)(C)NCCC(=O)Nc1cc(Br)ccc1C(=O)O. The molecule has 0 atom stereocenters. The van der Waals surface area contributed by atoms with E-state index in [1.165, 1.54) is 6.07 Å². The minimum Gasteiger partial charge on any atom is -0.478 e. The van der Waals surface area contributed by atoms with Gasteiger partial charge in [-0.25, -0.2) is 4.79 Å². The smallest absolute Gasteiger partial charge is 0.337 e. The lowest BCUT2D eigenvalue weighted by Gasteiger charge is -2.20. The molecule has 0 aliphatic rings. The van der Waals surface area contributed by atoms with E-state index >= 15 is 0 Å². The number of rotatable bonds is 5. The van der Waals surface area contributed by atoms with Crippen molar-refractivity contribution in [3.05, 3.63) is 28.2 Å². The second-order valence-electron chi connectivity index (χ2n) is 5.47. The second kappa shape index (κ2) is 6.85. The average molecular weight is 343 g/mol. The number of amides is 1. The van der Waals surface area contributed by atoms with Crippen LogP contribution in [0.25, 0.3) is 0 Å². The standard InChI is InChI=1S/C14H19BrN2O3/c1-14(2,3)16-7-6-12(18)17-11-8-9(15)4-5-10(11)13(19)20/h4-5,8,16H,6-7H2,1-3H3,(H,17,18)(H,19,20). The summed E-state index contributed by atoms with van der Waals surface area (Å²) in [4.78, 5) is 22.9. The first-order valence-corrected chi connectivity index (χ1v) is 7.06. The maximum absolute atomic E-state index is 11.8. The number of anilines is 1. The van der Waals surface area contributed by atoms with Gasteiger partial charge in [-0.3, -0.25) is 4.79 Å². The van der Waals surface area contributed by atoms with Gasteiger partial charge in [0.2, 0.25) is 5.91 Å². The maximum atomic E-state index is 11.8. The molecule has 0 heterocycles. The Morgan fingerprint density at radius 3 is 2.50 bits per heavy atom. The average Bonchev–Trinajstić information content (AvgIpc) is 2.26. The van der Waals surface area contributed by atoms with Gasteiger partial charge in [0.1, 0.15) is 0 Å². The molecular weight excluding hydrogens is 324 g/mol. The Hall–Kier alpha value is -1.40. The maximum Gasteiger partial charge on any atom is 0.337 e. The van der Waals surface area contributed by atoms with Crippen LogP contribution in [0.3, 0.4) is 0 Å².